The van der Waals surface area contributed by atoms with E-state index in [2.05, 4.69) is 5.10 Å². The van der Waals surface area contributed by atoms with Gasteiger partial charge in [0.05, 0.1) is 17.3 Å². The molecule has 0 radical (unpaired) electrons. The van der Waals surface area contributed by atoms with Gasteiger partial charge in [0.1, 0.15) is 0 Å². The fourth-order valence-electron chi connectivity index (χ4n) is 1.91. The Morgan fingerprint density at radius 1 is 1.50 bits per heavy atom. The SMILES string of the molecule is O=C(O)c1ccc2c(cnn2CC2CC2)c1. The molecule has 0 saturated heterocycles. The number of fused-ring (bicyclic) bond motifs is 1. The van der Waals surface area contributed by atoms with Crippen LogP contribution in [0, 0.1) is 5.92 Å². The second kappa shape index (κ2) is 3.33. The molecule has 0 bridgehead atoms. The van der Waals surface area contributed by atoms with E-state index in [-0.39, 0.29) is 0 Å². The van der Waals surface area contributed by atoms with Crippen LogP contribution >= 0.6 is 0 Å². The maximum atomic E-state index is 10.8. The van der Waals surface area contributed by atoms with Crippen LogP contribution < -0.4 is 0 Å². The summed E-state index contributed by atoms with van der Waals surface area (Å²) in [7, 11) is 0. The minimum atomic E-state index is -0.892. The van der Waals surface area contributed by atoms with Gasteiger partial charge in [-0.2, -0.15) is 5.10 Å². The van der Waals surface area contributed by atoms with Crippen LogP contribution in [-0.2, 0) is 6.54 Å². The Kier molecular flexibility index (Phi) is 1.96. The number of hydrogen-bond donors (Lipinski definition) is 1. The minimum Gasteiger partial charge on any atom is -0.478 e. The Labute approximate surface area is 92.5 Å². The van der Waals surface area contributed by atoms with Gasteiger partial charge in [-0.1, -0.05) is 0 Å². The van der Waals surface area contributed by atoms with Gasteiger partial charge in [0.25, 0.3) is 0 Å². The molecule has 3 rings (SSSR count). The summed E-state index contributed by atoms with van der Waals surface area (Å²) in [5.74, 6) is -0.126. The summed E-state index contributed by atoms with van der Waals surface area (Å²) in [6.45, 7) is 0.954. The maximum absolute atomic E-state index is 10.8. The highest BCUT2D eigenvalue weighted by Gasteiger charge is 2.22. The van der Waals surface area contributed by atoms with Crippen molar-refractivity contribution in [2.75, 3.05) is 0 Å². The van der Waals surface area contributed by atoms with Crippen molar-refractivity contribution in [3.8, 4) is 0 Å². The monoisotopic (exact) mass is 216 g/mol. The zero-order valence-corrected chi connectivity index (χ0v) is 8.76. The van der Waals surface area contributed by atoms with Crippen molar-refractivity contribution in [3.63, 3.8) is 0 Å². The van der Waals surface area contributed by atoms with Gasteiger partial charge in [0.2, 0.25) is 0 Å². The number of benzene rings is 1. The first-order valence-electron chi connectivity index (χ1n) is 5.43. The summed E-state index contributed by atoms with van der Waals surface area (Å²) in [6, 6.07) is 5.15. The molecule has 0 atom stereocenters. The molecule has 0 spiro atoms. The van der Waals surface area contributed by atoms with Crippen LogP contribution in [0.1, 0.15) is 23.2 Å². The average Bonchev–Trinajstić information content (AvgIpc) is 2.99. The molecule has 0 amide bonds. The number of carboxylic acid groups (broad SMARTS) is 1. The van der Waals surface area contributed by atoms with Gasteiger partial charge in [-0.3, -0.25) is 4.68 Å². The molecule has 82 valence electrons. The van der Waals surface area contributed by atoms with Gasteiger partial charge in [-0.05, 0) is 37.0 Å². The Balaban J connectivity index is 2.02. The van der Waals surface area contributed by atoms with Gasteiger partial charge in [0, 0.05) is 11.9 Å². The van der Waals surface area contributed by atoms with E-state index in [1.807, 2.05) is 10.7 Å². The largest absolute Gasteiger partial charge is 0.478 e. The van der Waals surface area contributed by atoms with Crippen LogP contribution in [0.2, 0.25) is 0 Å². The smallest absolute Gasteiger partial charge is 0.335 e. The van der Waals surface area contributed by atoms with Crippen molar-refractivity contribution in [2.24, 2.45) is 5.92 Å². The first-order chi connectivity index (χ1) is 7.74. The molecule has 0 aliphatic heterocycles. The van der Waals surface area contributed by atoms with Gasteiger partial charge >= 0.3 is 5.97 Å². The topological polar surface area (TPSA) is 55.1 Å². The predicted molar refractivity (Wildman–Crippen MR) is 59.4 cm³/mol. The fourth-order valence-corrected chi connectivity index (χ4v) is 1.91. The van der Waals surface area contributed by atoms with Crippen LogP contribution in [0.5, 0.6) is 0 Å². The number of carboxylic acids is 1. The molecule has 1 aromatic heterocycles. The molecule has 0 unspecified atom stereocenters. The first-order valence-corrected chi connectivity index (χ1v) is 5.43. The second-order valence-electron chi connectivity index (χ2n) is 4.35. The zero-order valence-electron chi connectivity index (χ0n) is 8.76. The molecular weight excluding hydrogens is 204 g/mol. The van der Waals surface area contributed by atoms with Crippen molar-refractivity contribution in [3.05, 3.63) is 30.0 Å². The van der Waals surface area contributed by atoms with E-state index in [1.54, 1.807) is 18.3 Å². The molecule has 1 aliphatic carbocycles. The van der Waals surface area contributed by atoms with E-state index in [0.717, 1.165) is 23.4 Å². The Hall–Kier alpha value is -1.84. The molecule has 1 aromatic carbocycles. The van der Waals surface area contributed by atoms with E-state index in [4.69, 9.17) is 5.11 Å². The van der Waals surface area contributed by atoms with Gasteiger partial charge in [-0.15, -0.1) is 0 Å². The Morgan fingerprint density at radius 3 is 3.00 bits per heavy atom. The van der Waals surface area contributed by atoms with E-state index in [9.17, 15) is 4.79 Å². The summed E-state index contributed by atoms with van der Waals surface area (Å²) >= 11 is 0. The van der Waals surface area contributed by atoms with Crippen molar-refractivity contribution >= 4 is 16.9 Å². The lowest BCUT2D eigenvalue weighted by molar-refractivity contribution is 0.0697. The lowest BCUT2D eigenvalue weighted by Crippen LogP contribution is -2.01. The molecule has 16 heavy (non-hydrogen) atoms. The maximum Gasteiger partial charge on any atom is 0.335 e. The molecule has 2 aromatic rings. The molecule has 1 N–H and O–H groups in total. The van der Waals surface area contributed by atoms with Gasteiger partial charge < -0.3 is 5.11 Å². The summed E-state index contributed by atoms with van der Waals surface area (Å²) < 4.78 is 1.97. The summed E-state index contributed by atoms with van der Waals surface area (Å²) in [5.41, 5.74) is 1.34. The van der Waals surface area contributed by atoms with Crippen molar-refractivity contribution in [2.45, 2.75) is 19.4 Å². The van der Waals surface area contributed by atoms with Crippen LogP contribution in [-0.4, -0.2) is 20.9 Å². The molecule has 1 saturated carbocycles. The zero-order chi connectivity index (χ0) is 11.1. The van der Waals surface area contributed by atoms with E-state index < -0.39 is 5.97 Å². The van der Waals surface area contributed by atoms with Crippen LogP contribution in [0.4, 0.5) is 0 Å². The molecule has 1 heterocycles. The second-order valence-corrected chi connectivity index (χ2v) is 4.35. The third-order valence-electron chi connectivity index (χ3n) is 3.02. The normalized spacial score (nSPS) is 15.5. The highest BCUT2D eigenvalue weighted by atomic mass is 16.4. The first kappa shape index (κ1) is 9.39. The number of aromatic carboxylic acids is 1. The summed E-state index contributed by atoms with van der Waals surface area (Å²) in [6.07, 6.45) is 4.31. The predicted octanol–water partition coefficient (Wildman–Crippen LogP) is 2.14. The van der Waals surface area contributed by atoms with Crippen molar-refractivity contribution in [1.29, 1.82) is 0 Å². The van der Waals surface area contributed by atoms with E-state index in [0.29, 0.717) is 5.56 Å². The lowest BCUT2D eigenvalue weighted by atomic mass is 10.1. The lowest BCUT2D eigenvalue weighted by Gasteiger charge is -2.01. The van der Waals surface area contributed by atoms with Crippen LogP contribution in [0.3, 0.4) is 0 Å². The standard InChI is InChI=1S/C12H12N2O2/c15-12(16)9-3-4-11-10(5-9)6-13-14(11)7-8-1-2-8/h3-6,8H,1-2,7H2,(H,15,16). The Bertz CT molecular complexity index is 555. The van der Waals surface area contributed by atoms with Gasteiger partial charge in [0.15, 0.2) is 0 Å². The molecule has 1 aliphatic rings. The van der Waals surface area contributed by atoms with Gasteiger partial charge in [-0.25, -0.2) is 4.79 Å². The molecule has 1 fully saturated rings. The summed E-state index contributed by atoms with van der Waals surface area (Å²) in [4.78, 5) is 10.8. The molecule has 4 heteroatoms. The molecular formula is C12H12N2O2. The van der Waals surface area contributed by atoms with Crippen molar-refractivity contribution in [1.82, 2.24) is 9.78 Å². The number of aromatic nitrogens is 2. The number of hydrogen-bond acceptors (Lipinski definition) is 2. The number of nitrogens with zero attached hydrogens (tertiary/aromatic N) is 2. The summed E-state index contributed by atoms with van der Waals surface area (Å²) in [5, 5.41) is 14.1. The number of rotatable bonds is 3. The highest BCUT2D eigenvalue weighted by molar-refractivity contribution is 5.93. The third kappa shape index (κ3) is 1.56. The van der Waals surface area contributed by atoms with E-state index in [1.165, 1.54) is 12.8 Å². The molecule has 4 nitrogen and oxygen atoms in total. The van der Waals surface area contributed by atoms with E-state index >= 15 is 0 Å². The average molecular weight is 216 g/mol. The third-order valence-corrected chi connectivity index (χ3v) is 3.02. The fraction of sp³-hybridized carbons (Fsp3) is 0.333. The number of carbonyl (C=O) groups is 1. The highest BCUT2D eigenvalue weighted by Crippen LogP contribution is 2.31. The van der Waals surface area contributed by atoms with Crippen LogP contribution in [0.15, 0.2) is 24.4 Å². The minimum absolute atomic E-state index is 0.318. The Morgan fingerprint density at radius 2 is 2.31 bits per heavy atom. The quantitative estimate of drug-likeness (QED) is 0.855. The van der Waals surface area contributed by atoms with Crippen LogP contribution in [0.25, 0.3) is 10.9 Å². The van der Waals surface area contributed by atoms with Crippen molar-refractivity contribution < 1.29 is 9.90 Å².